The maximum absolute atomic E-state index is 14.5. The fraction of sp³-hybridized carbons (Fsp3) is 0.385. The number of tetrazole rings is 1. The lowest BCUT2D eigenvalue weighted by Gasteiger charge is -2.21. The maximum atomic E-state index is 14.5. The average Bonchev–Trinajstić information content (AvgIpc) is 3.31. The van der Waals surface area contributed by atoms with E-state index in [1.54, 1.807) is 51.1 Å². The standard InChI is InChI=1S/C26H30F2N6O5/c1-26(2,3)39-20(35)13-19(29)23(36)22(25(37)38-14-15-9-7-6-8-10-15)34-31-24(30-32-34)16-11-17(27)21(33(4)5)18(28)12-16/h6-12,19,22H,13-14,29H2,1-5H3. The van der Waals surface area contributed by atoms with E-state index in [2.05, 4.69) is 15.4 Å². The number of anilines is 1. The molecule has 2 atom stereocenters. The highest BCUT2D eigenvalue weighted by atomic mass is 19.1. The van der Waals surface area contributed by atoms with Gasteiger partial charge in [-0.3, -0.25) is 9.59 Å². The minimum atomic E-state index is -1.83. The molecule has 1 aromatic heterocycles. The first kappa shape index (κ1) is 29.3. The van der Waals surface area contributed by atoms with E-state index in [4.69, 9.17) is 15.2 Å². The minimum Gasteiger partial charge on any atom is -0.460 e. The molecule has 0 aliphatic carbocycles. The fourth-order valence-electron chi connectivity index (χ4n) is 3.57. The lowest BCUT2D eigenvalue weighted by Crippen LogP contribution is -2.43. The van der Waals surface area contributed by atoms with Crippen LogP contribution in [0.3, 0.4) is 0 Å². The number of esters is 2. The van der Waals surface area contributed by atoms with Gasteiger partial charge in [-0.1, -0.05) is 30.3 Å². The van der Waals surface area contributed by atoms with Crippen molar-refractivity contribution in [3.63, 3.8) is 0 Å². The van der Waals surface area contributed by atoms with Gasteiger partial charge < -0.3 is 20.1 Å². The van der Waals surface area contributed by atoms with Crippen molar-refractivity contribution in [3.05, 3.63) is 59.7 Å². The van der Waals surface area contributed by atoms with E-state index in [1.807, 2.05) is 0 Å². The number of Topliss-reactive ketones (excluding diaryl/α,β-unsaturated/α-hetero) is 1. The molecule has 0 saturated heterocycles. The van der Waals surface area contributed by atoms with Gasteiger partial charge in [-0.25, -0.2) is 13.6 Å². The molecule has 2 aromatic carbocycles. The highest BCUT2D eigenvalue weighted by Gasteiger charge is 2.37. The third-order valence-corrected chi connectivity index (χ3v) is 5.27. The van der Waals surface area contributed by atoms with Crippen LogP contribution in [0.1, 0.15) is 38.8 Å². The Kier molecular flexibility index (Phi) is 9.07. The molecule has 0 saturated carbocycles. The molecular formula is C26H30F2N6O5. The number of nitrogens with two attached hydrogens (primary N) is 1. The van der Waals surface area contributed by atoms with E-state index in [-0.39, 0.29) is 23.7 Å². The van der Waals surface area contributed by atoms with Gasteiger partial charge in [0.05, 0.1) is 12.5 Å². The summed E-state index contributed by atoms with van der Waals surface area (Å²) in [5, 5.41) is 11.5. The summed E-state index contributed by atoms with van der Waals surface area (Å²) in [5.41, 5.74) is 5.46. The van der Waals surface area contributed by atoms with Crippen molar-refractivity contribution in [2.75, 3.05) is 19.0 Å². The lowest BCUT2D eigenvalue weighted by atomic mass is 10.0. The third-order valence-electron chi connectivity index (χ3n) is 5.27. The van der Waals surface area contributed by atoms with Crippen LogP contribution in [-0.4, -0.2) is 63.7 Å². The number of carbonyl (C=O) groups is 3. The minimum absolute atomic E-state index is 0.0799. The van der Waals surface area contributed by atoms with Gasteiger partial charge in [-0.05, 0) is 43.7 Å². The van der Waals surface area contributed by atoms with E-state index in [9.17, 15) is 23.2 Å². The molecule has 3 rings (SSSR count). The van der Waals surface area contributed by atoms with Crippen molar-refractivity contribution in [2.45, 2.75) is 51.5 Å². The first-order valence-corrected chi connectivity index (χ1v) is 11.9. The SMILES string of the molecule is CN(C)c1c(F)cc(-c2nnn(C(C(=O)OCc3ccccc3)C(=O)C(N)CC(=O)OC(C)(C)C)n2)cc1F. The Labute approximate surface area is 223 Å². The number of carbonyl (C=O) groups excluding carboxylic acids is 3. The first-order chi connectivity index (χ1) is 18.3. The molecule has 0 spiro atoms. The second kappa shape index (κ2) is 12.1. The van der Waals surface area contributed by atoms with Crippen molar-refractivity contribution >= 4 is 23.4 Å². The summed E-state index contributed by atoms with van der Waals surface area (Å²) in [7, 11) is 2.96. The van der Waals surface area contributed by atoms with Gasteiger partial charge in [0.1, 0.15) is 29.5 Å². The molecule has 13 heteroatoms. The van der Waals surface area contributed by atoms with Crippen molar-refractivity contribution in [1.82, 2.24) is 20.2 Å². The Morgan fingerprint density at radius 1 is 1.08 bits per heavy atom. The smallest absolute Gasteiger partial charge is 0.341 e. The topological polar surface area (TPSA) is 143 Å². The molecule has 2 N–H and O–H groups in total. The first-order valence-electron chi connectivity index (χ1n) is 11.9. The van der Waals surface area contributed by atoms with E-state index < -0.39 is 53.5 Å². The molecule has 208 valence electrons. The summed E-state index contributed by atoms with van der Waals surface area (Å²) in [4.78, 5) is 40.5. The number of nitrogens with zero attached hydrogens (tertiary/aromatic N) is 5. The van der Waals surface area contributed by atoms with Crippen molar-refractivity contribution < 1.29 is 32.6 Å². The van der Waals surface area contributed by atoms with Crippen LogP contribution in [0.4, 0.5) is 14.5 Å². The highest BCUT2D eigenvalue weighted by Crippen LogP contribution is 2.27. The van der Waals surface area contributed by atoms with Gasteiger partial charge in [-0.2, -0.15) is 0 Å². The van der Waals surface area contributed by atoms with Crippen LogP contribution in [0, 0.1) is 11.6 Å². The largest absolute Gasteiger partial charge is 0.460 e. The Morgan fingerprint density at radius 3 is 2.26 bits per heavy atom. The van der Waals surface area contributed by atoms with Gasteiger partial charge >= 0.3 is 11.9 Å². The summed E-state index contributed by atoms with van der Waals surface area (Å²) < 4.78 is 39.6. The molecule has 11 nitrogen and oxygen atoms in total. The van der Waals surface area contributed by atoms with Crippen LogP contribution in [-0.2, 0) is 30.5 Å². The van der Waals surface area contributed by atoms with Crippen LogP contribution in [0.25, 0.3) is 11.4 Å². The van der Waals surface area contributed by atoms with Crippen LogP contribution in [0.2, 0.25) is 0 Å². The molecule has 2 unspecified atom stereocenters. The summed E-state index contributed by atoms with van der Waals surface area (Å²) in [6.07, 6.45) is -0.525. The molecule has 3 aromatic rings. The molecule has 0 bridgehead atoms. The Bertz CT molecular complexity index is 1320. The van der Waals surface area contributed by atoms with Gasteiger partial charge in [0.2, 0.25) is 11.9 Å². The van der Waals surface area contributed by atoms with Crippen LogP contribution >= 0.6 is 0 Å². The quantitative estimate of drug-likeness (QED) is 0.299. The number of aromatic nitrogens is 4. The highest BCUT2D eigenvalue weighted by molar-refractivity contribution is 6.04. The molecule has 1 heterocycles. The van der Waals surface area contributed by atoms with E-state index in [0.29, 0.717) is 10.4 Å². The Hall–Kier alpha value is -4.26. The second-order valence-corrected chi connectivity index (χ2v) is 9.91. The number of rotatable bonds is 10. The third kappa shape index (κ3) is 7.63. The fourth-order valence-corrected chi connectivity index (χ4v) is 3.57. The van der Waals surface area contributed by atoms with Crippen LogP contribution < -0.4 is 10.6 Å². The Morgan fingerprint density at radius 2 is 1.69 bits per heavy atom. The molecular weight excluding hydrogens is 514 g/mol. The molecule has 0 aliphatic rings. The molecule has 0 radical (unpaired) electrons. The summed E-state index contributed by atoms with van der Waals surface area (Å²) in [6, 6.07) is 7.39. The molecule has 39 heavy (non-hydrogen) atoms. The van der Waals surface area contributed by atoms with Gasteiger partial charge in [0.15, 0.2) is 5.78 Å². The van der Waals surface area contributed by atoms with Crippen LogP contribution in [0.5, 0.6) is 0 Å². The van der Waals surface area contributed by atoms with Gasteiger partial charge in [0.25, 0.3) is 0 Å². The number of ether oxygens (including phenoxy) is 2. The van der Waals surface area contributed by atoms with E-state index in [0.717, 1.165) is 12.1 Å². The zero-order valence-corrected chi connectivity index (χ0v) is 22.2. The number of ketones is 1. The van der Waals surface area contributed by atoms with E-state index >= 15 is 0 Å². The monoisotopic (exact) mass is 544 g/mol. The predicted molar refractivity (Wildman–Crippen MR) is 136 cm³/mol. The van der Waals surface area contributed by atoms with Crippen LogP contribution in [0.15, 0.2) is 42.5 Å². The summed E-state index contributed by atoms with van der Waals surface area (Å²) in [5.74, 6) is -4.76. The summed E-state index contributed by atoms with van der Waals surface area (Å²) >= 11 is 0. The van der Waals surface area contributed by atoms with Crippen molar-refractivity contribution in [1.29, 1.82) is 0 Å². The van der Waals surface area contributed by atoms with E-state index in [1.165, 1.54) is 19.0 Å². The number of halogens is 2. The predicted octanol–water partition coefficient (Wildman–Crippen LogP) is 2.60. The second-order valence-electron chi connectivity index (χ2n) is 9.91. The zero-order valence-electron chi connectivity index (χ0n) is 22.2. The van der Waals surface area contributed by atoms with Crippen molar-refractivity contribution in [2.24, 2.45) is 5.73 Å². The number of benzene rings is 2. The number of hydrogen-bond donors (Lipinski definition) is 1. The summed E-state index contributed by atoms with van der Waals surface area (Å²) in [6.45, 7) is 4.79. The average molecular weight is 545 g/mol. The zero-order chi connectivity index (χ0) is 28.9. The molecule has 0 fully saturated rings. The van der Waals surface area contributed by atoms with Gasteiger partial charge in [-0.15, -0.1) is 15.0 Å². The maximum Gasteiger partial charge on any atom is 0.341 e. The molecule has 0 amide bonds. The van der Waals surface area contributed by atoms with Crippen molar-refractivity contribution in [3.8, 4) is 11.4 Å². The Balaban J connectivity index is 1.91. The number of hydrogen-bond acceptors (Lipinski definition) is 10. The molecule has 0 aliphatic heterocycles. The normalized spacial score (nSPS) is 12.9. The lowest BCUT2D eigenvalue weighted by molar-refractivity contribution is -0.158. The van der Waals surface area contributed by atoms with Gasteiger partial charge in [0, 0.05) is 19.7 Å².